The Morgan fingerprint density at radius 2 is 2.05 bits per heavy atom. The van der Waals surface area contributed by atoms with Gasteiger partial charge in [-0.05, 0) is 65.9 Å². The maximum Gasteiger partial charge on any atom is 0.173 e. The fourth-order valence-electron chi connectivity index (χ4n) is 1.63. The first-order valence-electron chi connectivity index (χ1n) is 5.08. The summed E-state index contributed by atoms with van der Waals surface area (Å²) in [7, 11) is 1.51. The van der Waals surface area contributed by atoms with E-state index < -0.39 is 0 Å². The summed E-state index contributed by atoms with van der Waals surface area (Å²) >= 11 is 8.36. The van der Waals surface area contributed by atoms with E-state index in [9.17, 15) is 5.11 Å². The largest absolute Gasteiger partial charge is 0.503 e. The normalized spacial score (nSPS) is 11.8. The van der Waals surface area contributed by atoms with E-state index in [1.807, 2.05) is 16.8 Å². The van der Waals surface area contributed by atoms with Gasteiger partial charge in [0, 0.05) is 4.47 Å². The maximum atomic E-state index is 9.87. The van der Waals surface area contributed by atoms with Crippen molar-refractivity contribution in [1.82, 2.24) is 0 Å². The fourth-order valence-corrected chi connectivity index (χ4v) is 3.29. The number of halogens is 3. The monoisotopic (exact) mass is 427 g/mol. The number of ether oxygens (including phenoxy) is 1. The number of nitrogens with two attached hydrogens (primary N) is 1. The first-order valence-corrected chi connectivity index (χ1v) is 7.61. The van der Waals surface area contributed by atoms with Crippen molar-refractivity contribution in [3.05, 3.63) is 43.0 Å². The van der Waals surface area contributed by atoms with Gasteiger partial charge in [-0.25, -0.2) is 0 Å². The molecule has 0 aliphatic carbocycles. The highest BCUT2D eigenvalue weighted by Gasteiger charge is 2.20. The van der Waals surface area contributed by atoms with Crippen LogP contribution in [0.3, 0.4) is 0 Å². The number of aromatic hydroxyl groups is 1. The second-order valence-electron chi connectivity index (χ2n) is 3.68. The molecule has 0 radical (unpaired) electrons. The van der Waals surface area contributed by atoms with Gasteiger partial charge in [0.05, 0.1) is 17.6 Å². The first kappa shape index (κ1) is 16.8. The number of thiophene rings is 1. The topological polar surface area (TPSA) is 55.5 Å². The Morgan fingerprint density at radius 1 is 1.37 bits per heavy atom. The summed E-state index contributed by atoms with van der Waals surface area (Å²) in [6.45, 7) is 0. The Balaban J connectivity index is 0.00000180. The molecule has 0 bridgehead atoms. The molecule has 1 heterocycles. The summed E-state index contributed by atoms with van der Waals surface area (Å²) in [6.07, 6.45) is 0. The van der Waals surface area contributed by atoms with Crippen molar-refractivity contribution in [2.45, 2.75) is 6.04 Å². The molecule has 1 aromatic carbocycles. The van der Waals surface area contributed by atoms with Crippen LogP contribution in [0.1, 0.15) is 17.2 Å². The standard InChI is InChI=1S/C12H11Br2NO2S.ClH/c1-17-8-4-7(9(13)10(14)12(8)16)11(15)6-2-3-18-5-6;/h2-5,11,16H,15H2,1H3;1H/t11-;/m1./s1. The minimum Gasteiger partial charge on any atom is -0.503 e. The molecule has 104 valence electrons. The highest BCUT2D eigenvalue weighted by molar-refractivity contribution is 9.13. The van der Waals surface area contributed by atoms with Crippen molar-refractivity contribution in [1.29, 1.82) is 0 Å². The van der Waals surface area contributed by atoms with Crippen LogP contribution in [0.2, 0.25) is 0 Å². The summed E-state index contributed by atoms with van der Waals surface area (Å²) in [5.41, 5.74) is 8.11. The van der Waals surface area contributed by atoms with Crippen molar-refractivity contribution >= 4 is 55.6 Å². The van der Waals surface area contributed by atoms with Crippen LogP contribution < -0.4 is 10.5 Å². The van der Waals surface area contributed by atoms with Crippen molar-refractivity contribution in [3.8, 4) is 11.5 Å². The molecule has 0 unspecified atom stereocenters. The minimum absolute atomic E-state index is 0. The molecule has 3 nitrogen and oxygen atoms in total. The van der Waals surface area contributed by atoms with Gasteiger partial charge in [0.25, 0.3) is 0 Å². The molecule has 7 heteroatoms. The van der Waals surface area contributed by atoms with Crippen LogP contribution in [0.5, 0.6) is 11.5 Å². The van der Waals surface area contributed by atoms with E-state index in [1.165, 1.54) is 7.11 Å². The SMILES string of the molecule is COc1cc([C@H](N)c2ccsc2)c(Br)c(Br)c1O.Cl. The fraction of sp³-hybridized carbons (Fsp3) is 0.167. The van der Waals surface area contributed by atoms with Gasteiger partial charge in [0.1, 0.15) is 0 Å². The van der Waals surface area contributed by atoms with Crippen molar-refractivity contribution in [2.24, 2.45) is 5.73 Å². The second-order valence-corrected chi connectivity index (χ2v) is 6.05. The molecule has 0 amide bonds. The third-order valence-corrected chi connectivity index (χ3v) is 5.49. The zero-order chi connectivity index (χ0) is 13.3. The number of hydrogen-bond donors (Lipinski definition) is 2. The molecule has 0 aliphatic heterocycles. The Hall–Kier alpha value is -0.270. The van der Waals surface area contributed by atoms with Gasteiger partial charge in [-0.2, -0.15) is 11.3 Å². The Morgan fingerprint density at radius 3 is 2.58 bits per heavy atom. The van der Waals surface area contributed by atoms with Gasteiger partial charge >= 0.3 is 0 Å². The molecule has 1 aromatic heterocycles. The highest BCUT2D eigenvalue weighted by atomic mass is 79.9. The number of methoxy groups -OCH3 is 1. The average molecular weight is 430 g/mol. The van der Waals surface area contributed by atoms with E-state index in [4.69, 9.17) is 10.5 Å². The summed E-state index contributed by atoms with van der Waals surface area (Å²) in [6, 6.07) is 3.46. The van der Waals surface area contributed by atoms with Crippen LogP contribution in [0, 0.1) is 0 Å². The quantitative estimate of drug-likeness (QED) is 0.758. The molecule has 2 rings (SSSR count). The molecule has 0 fully saturated rings. The van der Waals surface area contributed by atoms with Gasteiger partial charge in [0.15, 0.2) is 11.5 Å². The van der Waals surface area contributed by atoms with E-state index in [1.54, 1.807) is 17.4 Å². The van der Waals surface area contributed by atoms with Crippen LogP contribution >= 0.6 is 55.6 Å². The van der Waals surface area contributed by atoms with Crippen LogP contribution in [0.15, 0.2) is 31.8 Å². The van der Waals surface area contributed by atoms with Gasteiger partial charge in [0.2, 0.25) is 0 Å². The van der Waals surface area contributed by atoms with Crippen molar-refractivity contribution < 1.29 is 9.84 Å². The van der Waals surface area contributed by atoms with Crippen LogP contribution in [0.4, 0.5) is 0 Å². The van der Waals surface area contributed by atoms with Gasteiger partial charge < -0.3 is 15.6 Å². The lowest BCUT2D eigenvalue weighted by molar-refractivity contribution is 0.371. The molecule has 0 saturated carbocycles. The zero-order valence-corrected chi connectivity index (χ0v) is 14.7. The molecule has 0 spiro atoms. The second kappa shape index (κ2) is 6.95. The molecule has 3 N–H and O–H groups in total. The lowest BCUT2D eigenvalue weighted by Gasteiger charge is -2.16. The van der Waals surface area contributed by atoms with E-state index in [0.717, 1.165) is 15.6 Å². The van der Waals surface area contributed by atoms with E-state index in [0.29, 0.717) is 10.2 Å². The molecule has 19 heavy (non-hydrogen) atoms. The lowest BCUT2D eigenvalue weighted by Crippen LogP contribution is -2.12. The minimum atomic E-state index is -0.267. The molecule has 1 atom stereocenters. The van der Waals surface area contributed by atoms with Crippen LogP contribution in [-0.4, -0.2) is 12.2 Å². The van der Waals surface area contributed by atoms with E-state index in [2.05, 4.69) is 31.9 Å². The Labute approximate surface area is 138 Å². The molecular weight excluding hydrogens is 417 g/mol. The smallest absolute Gasteiger partial charge is 0.173 e. The zero-order valence-electron chi connectivity index (χ0n) is 9.89. The van der Waals surface area contributed by atoms with Gasteiger partial charge in [-0.15, -0.1) is 12.4 Å². The number of hydrogen-bond acceptors (Lipinski definition) is 4. The van der Waals surface area contributed by atoms with E-state index >= 15 is 0 Å². The van der Waals surface area contributed by atoms with Crippen LogP contribution in [-0.2, 0) is 0 Å². The Bertz CT molecular complexity index is 563. The summed E-state index contributed by atoms with van der Waals surface area (Å²) in [4.78, 5) is 0. The maximum absolute atomic E-state index is 9.87. The third kappa shape index (κ3) is 3.25. The molecule has 0 aliphatic rings. The summed E-state index contributed by atoms with van der Waals surface area (Å²) < 4.78 is 6.41. The molecule has 0 saturated heterocycles. The number of phenols is 1. The van der Waals surface area contributed by atoms with E-state index in [-0.39, 0.29) is 24.2 Å². The lowest BCUT2D eigenvalue weighted by atomic mass is 10.0. The number of rotatable bonds is 3. The van der Waals surface area contributed by atoms with Crippen molar-refractivity contribution in [2.75, 3.05) is 7.11 Å². The molecule has 2 aromatic rings. The van der Waals surface area contributed by atoms with Gasteiger partial charge in [-0.3, -0.25) is 0 Å². The predicted octanol–water partition coefficient (Wildman–Crippen LogP) is 4.46. The van der Waals surface area contributed by atoms with Crippen molar-refractivity contribution in [3.63, 3.8) is 0 Å². The Kier molecular flexibility index (Phi) is 6.14. The third-order valence-electron chi connectivity index (χ3n) is 2.63. The predicted molar refractivity (Wildman–Crippen MR) is 87.7 cm³/mol. The van der Waals surface area contributed by atoms with Crippen LogP contribution in [0.25, 0.3) is 0 Å². The summed E-state index contributed by atoms with van der Waals surface area (Å²) in [5, 5.41) is 13.9. The number of benzene rings is 1. The summed E-state index contributed by atoms with van der Waals surface area (Å²) in [5.74, 6) is 0.455. The molecular formula is C12H12Br2ClNO2S. The number of phenolic OH excluding ortho intramolecular Hbond substituents is 1. The van der Waals surface area contributed by atoms with Gasteiger partial charge in [-0.1, -0.05) is 0 Å². The average Bonchev–Trinajstić information content (AvgIpc) is 2.89. The first-order chi connectivity index (χ1) is 8.56. The highest BCUT2D eigenvalue weighted by Crippen LogP contribution is 2.44.